The minimum Gasteiger partial charge on any atom is -0.461 e. The molecule has 0 aliphatic carbocycles. The second kappa shape index (κ2) is 9.82. The van der Waals surface area contributed by atoms with Crippen molar-refractivity contribution in [1.82, 2.24) is 20.1 Å². The summed E-state index contributed by atoms with van der Waals surface area (Å²) in [7, 11) is 0. The van der Waals surface area contributed by atoms with E-state index in [-0.39, 0.29) is 29.5 Å². The fourth-order valence-corrected chi connectivity index (χ4v) is 3.77. The number of halogens is 3. The summed E-state index contributed by atoms with van der Waals surface area (Å²) in [5.74, 6) is 0.232. The number of carbonyl (C=O) groups excluding carboxylic acids is 1. The SMILES string of the molecule is O=C(CSc1nnc(-c2ccco2)n1-c1ccccc1)NCc1ccccc1OC(F)(F)F. The van der Waals surface area contributed by atoms with Gasteiger partial charge in [0.1, 0.15) is 5.75 Å². The van der Waals surface area contributed by atoms with Crippen molar-refractivity contribution >= 4 is 17.7 Å². The lowest BCUT2D eigenvalue weighted by Crippen LogP contribution is -2.26. The van der Waals surface area contributed by atoms with Gasteiger partial charge in [-0.1, -0.05) is 48.2 Å². The van der Waals surface area contributed by atoms with Gasteiger partial charge in [-0.2, -0.15) is 0 Å². The molecule has 1 N–H and O–H groups in total. The van der Waals surface area contributed by atoms with E-state index in [1.807, 2.05) is 30.3 Å². The van der Waals surface area contributed by atoms with Gasteiger partial charge in [-0.3, -0.25) is 9.36 Å². The van der Waals surface area contributed by atoms with Crippen LogP contribution in [0.4, 0.5) is 13.2 Å². The van der Waals surface area contributed by atoms with Crippen LogP contribution in [-0.4, -0.2) is 32.8 Å². The van der Waals surface area contributed by atoms with Crippen molar-refractivity contribution in [2.45, 2.75) is 18.1 Å². The molecular formula is C22H17F3N4O3S. The van der Waals surface area contributed by atoms with E-state index in [1.165, 1.54) is 24.5 Å². The molecule has 7 nitrogen and oxygen atoms in total. The molecule has 0 atom stereocenters. The lowest BCUT2D eigenvalue weighted by Gasteiger charge is -2.13. The lowest BCUT2D eigenvalue weighted by molar-refractivity contribution is -0.274. The molecule has 1 amide bonds. The van der Waals surface area contributed by atoms with E-state index in [9.17, 15) is 18.0 Å². The molecule has 11 heteroatoms. The quantitative estimate of drug-likeness (QED) is 0.368. The summed E-state index contributed by atoms with van der Waals surface area (Å²) in [6.45, 7) is -0.116. The number of thioether (sulfide) groups is 1. The standard InChI is InChI=1S/C22H17F3N4O3S/c23-22(24,25)32-17-10-5-4-7-15(17)13-26-19(30)14-33-21-28-27-20(18-11-6-12-31-18)29(21)16-8-2-1-3-9-16/h1-12H,13-14H2,(H,26,30). The Bertz CT molecular complexity index is 1210. The van der Waals surface area contributed by atoms with Gasteiger partial charge in [-0.05, 0) is 30.3 Å². The molecule has 0 unspecified atom stereocenters. The molecular weight excluding hydrogens is 457 g/mol. The number of para-hydroxylation sites is 2. The number of hydrogen-bond donors (Lipinski definition) is 1. The molecule has 4 rings (SSSR count). The van der Waals surface area contributed by atoms with E-state index in [0.717, 1.165) is 17.4 Å². The number of nitrogens with one attached hydrogen (secondary N) is 1. The summed E-state index contributed by atoms with van der Waals surface area (Å²) in [6, 6.07) is 18.5. The van der Waals surface area contributed by atoms with Gasteiger partial charge in [-0.15, -0.1) is 23.4 Å². The molecule has 4 aromatic rings. The van der Waals surface area contributed by atoms with Crippen LogP contribution in [0.2, 0.25) is 0 Å². The van der Waals surface area contributed by atoms with Crippen LogP contribution in [-0.2, 0) is 11.3 Å². The van der Waals surface area contributed by atoms with Crippen LogP contribution in [0.25, 0.3) is 17.3 Å². The van der Waals surface area contributed by atoms with Crippen molar-refractivity contribution in [2.75, 3.05) is 5.75 Å². The number of ether oxygens (including phenoxy) is 1. The monoisotopic (exact) mass is 474 g/mol. The van der Waals surface area contributed by atoms with Gasteiger partial charge in [-0.25, -0.2) is 0 Å². The highest BCUT2D eigenvalue weighted by Gasteiger charge is 2.32. The van der Waals surface area contributed by atoms with Gasteiger partial charge in [0.2, 0.25) is 11.7 Å². The summed E-state index contributed by atoms with van der Waals surface area (Å²) < 4.78 is 49.0. The van der Waals surface area contributed by atoms with E-state index < -0.39 is 6.36 Å². The van der Waals surface area contributed by atoms with Gasteiger partial charge < -0.3 is 14.5 Å². The molecule has 0 fully saturated rings. The van der Waals surface area contributed by atoms with E-state index >= 15 is 0 Å². The minimum absolute atomic E-state index is 0.0224. The van der Waals surface area contributed by atoms with Crippen LogP contribution < -0.4 is 10.1 Å². The zero-order valence-electron chi connectivity index (χ0n) is 17.0. The largest absolute Gasteiger partial charge is 0.573 e. The van der Waals surface area contributed by atoms with Crippen LogP contribution in [0.5, 0.6) is 5.75 Å². The highest BCUT2D eigenvalue weighted by molar-refractivity contribution is 7.99. The van der Waals surface area contributed by atoms with Crippen molar-refractivity contribution in [2.24, 2.45) is 0 Å². The maximum Gasteiger partial charge on any atom is 0.573 e. The minimum atomic E-state index is -4.82. The Hall–Kier alpha value is -3.73. The molecule has 33 heavy (non-hydrogen) atoms. The molecule has 2 aromatic heterocycles. The number of hydrogen-bond acceptors (Lipinski definition) is 6. The molecule has 0 bridgehead atoms. The number of benzene rings is 2. The Morgan fingerprint density at radius 1 is 1.03 bits per heavy atom. The van der Waals surface area contributed by atoms with Crippen LogP contribution in [0.1, 0.15) is 5.56 Å². The number of carbonyl (C=O) groups is 1. The second-order valence-corrected chi connectivity index (χ2v) is 7.62. The van der Waals surface area contributed by atoms with Crippen LogP contribution >= 0.6 is 11.8 Å². The predicted molar refractivity (Wildman–Crippen MR) is 115 cm³/mol. The van der Waals surface area contributed by atoms with E-state index in [1.54, 1.807) is 22.8 Å². The van der Waals surface area contributed by atoms with Gasteiger partial charge in [0.05, 0.1) is 12.0 Å². The van der Waals surface area contributed by atoms with Crippen molar-refractivity contribution in [3.63, 3.8) is 0 Å². The number of amides is 1. The fraction of sp³-hybridized carbons (Fsp3) is 0.136. The zero-order chi connectivity index (χ0) is 23.3. The van der Waals surface area contributed by atoms with Gasteiger partial charge in [0.15, 0.2) is 10.9 Å². The van der Waals surface area contributed by atoms with Crippen molar-refractivity contribution in [3.05, 3.63) is 78.6 Å². The number of aromatic nitrogens is 3. The first-order valence-electron chi connectivity index (χ1n) is 9.68. The molecule has 170 valence electrons. The van der Waals surface area contributed by atoms with Gasteiger partial charge in [0, 0.05) is 17.8 Å². The fourth-order valence-electron chi connectivity index (χ4n) is 2.99. The molecule has 0 spiro atoms. The van der Waals surface area contributed by atoms with Crippen molar-refractivity contribution in [1.29, 1.82) is 0 Å². The third-order valence-electron chi connectivity index (χ3n) is 4.40. The highest BCUT2D eigenvalue weighted by atomic mass is 32.2. The van der Waals surface area contributed by atoms with Crippen LogP contribution in [0.15, 0.2) is 82.6 Å². The number of alkyl halides is 3. The third kappa shape index (κ3) is 5.75. The first-order chi connectivity index (χ1) is 15.9. The average Bonchev–Trinajstić information content (AvgIpc) is 3.46. The van der Waals surface area contributed by atoms with E-state index in [4.69, 9.17) is 4.42 Å². The summed E-state index contributed by atoms with van der Waals surface area (Å²) in [6.07, 6.45) is -3.29. The summed E-state index contributed by atoms with van der Waals surface area (Å²) >= 11 is 1.14. The Kier molecular flexibility index (Phi) is 6.68. The summed E-state index contributed by atoms with van der Waals surface area (Å²) in [4.78, 5) is 12.4. The summed E-state index contributed by atoms with van der Waals surface area (Å²) in [5, 5.41) is 11.4. The van der Waals surface area contributed by atoms with Crippen LogP contribution in [0, 0.1) is 0 Å². The molecule has 0 aliphatic heterocycles. The van der Waals surface area contributed by atoms with Crippen molar-refractivity contribution < 1.29 is 27.1 Å². The second-order valence-electron chi connectivity index (χ2n) is 6.68. The molecule has 2 aromatic carbocycles. The van der Waals surface area contributed by atoms with E-state index in [2.05, 4.69) is 20.3 Å². The third-order valence-corrected chi connectivity index (χ3v) is 5.32. The molecule has 0 aliphatic rings. The summed E-state index contributed by atoms with van der Waals surface area (Å²) in [5.41, 5.74) is 0.996. The van der Waals surface area contributed by atoms with Gasteiger partial charge >= 0.3 is 6.36 Å². The number of rotatable bonds is 8. The molecule has 0 radical (unpaired) electrons. The Morgan fingerprint density at radius 3 is 2.52 bits per heavy atom. The molecule has 2 heterocycles. The maximum absolute atomic E-state index is 12.6. The topological polar surface area (TPSA) is 82.2 Å². The van der Waals surface area contributed by atoms with E-state index in [0.29, 0.717) is 16.7 Å². The Labute approximate surface area is 190 Å². The first-order valence-corrected chi connectivity index (χ1v) is 10.7. The molecule has 0 saturated heterocycles. The van der Waals surface area contributed by atoms with Gasteiger partial charge in [0.25, 0.3) is 0 Å². The number of furan rings is 1. The average molecular weight is 474 g/mol. The van der Waals surface area contributed by atoms with Crippen LogP contribution in [0.3, 0.4) is 0 Å². The highest BCUT2D eigenvalue weighted by Crippen LogP contribution is 2.29. The number of nitrogens with zero attached hydrogens (tertiary/aromatic N) is 3. The Balaban J connectivity index is 1.45. The maximum atomic E-state index is 12.6. The Morgan fingerprint density at radius 2 is 1.79 bits per heavy atom. The first kappa shape index (κ1) is 22.5. The van der Waals surface area contributed by atoms with Crippen molar-refractivity contribution in [3.8, 4) is 23.0 Å². The smallest absolute Gasteiger partial charge is 0.461 e. The molecule has 0 saturated carbocycles. The lowest BCUT2D eigenvalue weighted by atomic mass is 10.2. The predicted octanol–water partition coefficient (Wildman–Crippen LogP) is 4.83. The zero-order valence-corrected chi connectivity index (χ0v) is 17.8. The normalized spacial score (nSPS) is 11.4.